The number of rotatable bonds is 7. The summed E-state index contributed by atoms with van der Waals surface area (Å²) in [7, 11) is 1.64. The van der Waals surface area contributed by atoms with Crippen molar-refractivity contribution >= 4 is 46.3 Å². The molecule has 3 N–H and O–H groups in total. The molecule has 0 saturated heterocycles. The number of likely N-dealkylation sites (N-methyl/N-ethyl adjacent to an activating group) is 1. The highest BCUT2D eigenvalue weighted by Gasteiger charge is 2.31. The first-order valence-electron chi connectivity index (χ1n) is 11.6. The molecule has 1 unspecified atom stereocenters. The number of nitrogens with zero attached hydrogens (tertiary/aromatic N) is 3. The quantitative estimate of drug-likeness (QED) is 0.507. The fraction of sp³-hybridized carbons (Fsp3) is 0.346. The molecular formula is C26H29N5O5. The number of Topliss-reactive ketones (excluding diaryl/α,β-unsaturated/α-hetero) is 1. The second-order valence-electron chi connectivity index (χ2n) is 9.70. The zero-order valence-electron chi connectivity index (χ0n) is 20.7. The minimum absolute atomic E-state index is 0.108. The third kappa shape index (κ3) is 5.07. The van der Waals surface area contributed by atoms with Gasteiger partial charge in [-0.05, 0) is 62.7 Å². The molecule has 2 amide bonds. The van der Waals surface area contributed by atoms with E-state index in [-0.39, 0.29) is 30.4 Å². The summed E-state index contributed by atoms with van der Waals surface area (Å²) in [5, 5.41) is 21.1. The van der Waals surface area contributed by atoms with Gasteiger partial charge in [0.15, 0.2) is 5.78 Å². The Morgan fingerprint density at radius 3 is 2.47 bits per heavy atom. The van der Waals surface area contributed by atoms with Crippen LogP contribution in [0.25, 0.3) is 0 Å². The van der Waals surface area contributed by atoms with E-state index in [1.54, 1.807) is 58.2 Å². The van der Waals surface area contributed by atoms with Gasteiger partial charge in [-0.3, -0.25) is 19.2 Å². The van der Waals surface area contributed by atoms with E-state index in [0.29, 0.717) is 29.2 Å². The molecule has 188 valence electrons. The van der Waals surface area contributed by atoms with Crippen molar-refractivity contribution in [1.82, 2.24) is 4.90 Å². The summed E-state index contributed by atoms with van der Waals surface area (Å²) >= 11 is 0. The van der Waals surface area contributed by atoms with E-state index >= 15 is 0 Å². The van der Waals surface area contributed by atoms with Crippen LogP contribution < -0.4 is 15.6 Å². The van der Waals surface area contributed by atoms with Crippen LogP contribution in [0.5, 0.6) is 0 Å². The fourth-order valence-electron chi connectivity index (χ4n) is 4.38. The SMILES string of the molecule is CC1=NN(c2ccc(C(=O)C(C)(C)Nc3ccc4c(c3)NC(CC(=O)O)C(=O)N(C)C4)cc2)C(=O)C1. The number of nitrogens with one attached hydrogen (secondary N) is 2. The van der Waals surface area contributed by atoms with Crippen LogP contribution in [-0.4, -0.2) is 57.9 Å². The van der Waals surface area contributed by atoms with Crippen LogP contribution in [0.4, 0.5) is 17.1 Å². The monoisotopic (exact) mass is 491 g/mol. The third-order valence-corrected chi connectivity index (χ3v) is 6.21. The smallest absolute Gasteiger partial charge is 0.305 e. The Kier molecular flexibility index (Phi) is 6.53. The number of fused-ring (bicyclic) bond motifs is 1. The van der Waals surface area contributed by atoms with Crippen LogP contribution in [0.1, 0.15) is 49.5 Å². The molecule has 10 heteroatoms. The van der Waals surface area contributed by atoms with Crippen LogP contribution in [0.2, 0.25) is 0 Å². The van der Waals surface area contributed by atoms with E-state index in [9.17, 15) is 24.3 Å². The summed E-state index contributed by atoms with van der Waals surface area (Å²) in [6.45, 7) is 5.68. The van der Waals surface area contributed by atoms with Crippen LogP contribution in [0.15, 0.2) is 47.6 Å². The Labute approximate surface area is 209 Å². The van der Waals surface area contributed by atoms with Crippen molar-refractivity contribution in [2.75, 3.05) is 22.7 Å². The molecule has 0 spiro atoms. The van der Waals surface area contributed by atoms with Crippen molar-refractivity contribution in [2.45, 2.75) is 51.7 Å². The van der Waals surface area contributed by atoms with Gasteiger partial charge in [0.25, 0.3) is 5.91 Å². The Bertz CT molecular complexity index is 1270. The number of carboxylic acids is 1. The minimum atomic E-state index is -1.07. The number of carboxylic acid groups (broad SMARTS) is 1. The van der Waals surface area contributed by atoms with Gasteiger partial charge in [0.05, 0.1) is 24.1 Å². The van der Waals surface area contributed by atoms with Crippen LogP contribution in [0.3, 0.4) is 0 Å². The number of carbonyl (C=O) groups excluding carboxylic acids is 3. The number of hydrogen-bond donors (Lipinski definition) is 3. The predicted octanol–water partition coefficient (Wildman–Crippen LogP) is 3.10. The summed E-state index contributed by atoms with van der Waals surface area (Å²) < 4.78 is 0. The van der Waals surface area contributed by atoms with E-state index < -0.39 is 17.6 Å². The van der Waals surface area contributed by atoms with Crippen LogP contribution in [0, 0.1) is 0 Å². The maximum Gasteiger partial charge on any atom is 0.305 e. The Morgan fingerprint density at radius 1 is 1.17 bits per heavy atom. The highest BCUT2D eigenvalue weighted by atomic mass is 16.4. The number of carbonyl (C=O) groups is 4. The number of ketones is 1. The molecule has 2 aliphatic heterocycles. The average molecular weight is 492 g/mol. The fourth-order valence-corrected chi connectivity index (χ4v) is 4.38. The summed E-state index contributed by atoms with van der Waals surface area (Å²) in [5.41, 5.74) is 2.98. The number of aliphatic carboxylic acids is 1. The molecule has 0 saturated carbocycles. The molecule has 2 heterocycles. The van der Waals surface area contributed by atoms with Crippen molar-refractivity contribution in [3.8, 4) is 0 Å². The van der Waals surface area contributed by atoms with Gasteiger partial charge in [-0.2, -0.15) is 5.10 Å². The zero-order valence-corrected chi connectivity index (χ0v) is 20.7. The summed E-state index contributed by atoms with van der Waals surface area (Å²) in [5.74, 6) is -1.62. The van der Waals surface area contributed by atoms with Gasteiger partial charge < -0.3 is 20.6 Å². The predicted molar refractivity (Wildman–Crippen MR) is 136 cm³/mol. The normalized spacial score (nSPS) is 17.8. The van der Waals surface area contributed by atoms with E-state index in [4.69, 9.17) is 0 Å². The lowest BCUT2D eigenvalue weighted by molar-refractivity contribution is -0.141. The highest BCUT2D eigenvalue weighted by molar-refractivity contribution is 6.12. The molecule has 0 aromatic heterocycles. The zero-order chi connectivity index (χ0) is 26.2. The van der Waals surface area contributed by atoms with E-state index in [1.165, 1.54) is 9.91 Å². The van der Waals surface area contributed by atoms with Gasteiger partial charge in [0.2, 0.25) is 5.91 Å². The van der Waals surface area contributed by atoms with Gasteiger partial charge in [-0.15, -0.1) is 0 Å². The Balaban J connectivity index is 1.52. The van der Waals surface area contributed by atoms with E-state index in [2.05, 4.69) is 15.7 Å². The molecule has 0 radical (unpaired) electrons. The lowest BCUT2D eigenvalue weighted by Crippen LogP contribution is -2.40. The van der Waals surface area contributed by atoms with Gasteiger partial charge in [-0.1, -0.05) is 6.07 Å². The summed E-state index contributed by atoms with van der Waals surface area (Å²) in [6.07, 6.45) is -0.0527. The van der Waals surface area contributed by atoms with Crippen molar-refractivity contribution < 1.29 is 24.3 Å². The number of anilines is 3. The molecule has 2 aromatic rings. The first kappa shape index (κ1) is 24.9. The first-order chi connectivity index (χ1) is 16.9. The third-order valence-electron chi connectivity index (χ3n) is 6.21. The van der Waals surface area contributed by atoms with Crippen molar-refractivity contribution in [3.05, 3.63) is 53.6 Å². The molecule has 0 bridgehead atoms. The minimum Gasteiger partial charge on any atom is -0.481 e. The molecular weight excluding hydrogens is 462 g/mol. The molecule has 1 atom stereocenters. The topological polar surface area (TPSA) is 131 Å². The summed E-state index contributed by atoms with van der Waals surface area (Å²) in [4.78, 5) is 50.7. The molecule has 0 aliphatic carbocycles. The van der Waals surface area contributed by atoms with Gasteiger partial charge in [0, 0.05) is 36.2 Å². The van der Waals surface area contributed by atoms with Crippen molar-refractivity contribution in [1.29, 1.82) is 0 Å². The van der Waals surface area contributed by atoms with Crippen LogP contribution in [-0.2, 0) is 20.9 Å². The Hall–Kier alpha value is -4.21. The number of hydrazone groups is 1. The van der Waals surface area contributed by atoms with Gasteiger partial charge >= 0.3 is 5.97 Å². The molecule has 2 aliphatic rings. The number of amides is 2. The molecule has 0 fully saturated rings. The van der Waals surface area contributed by atoms with E-state index in [0.717, 1.165) is 11.3 Å². The number of hydrogen-bond acceptors (Lipinski definition) is 7. The van der Waals surface area contributed by atoms with Gasteiger partial charge in [-0.25, -0.2) is 5.01 Å². The van der Waals surface area contributed by atoms with E-state index in [1.807, 2.05) is 12.1 Å². The summed E-state index contributed by atoms with van der Waals surface area (Å²) in [6, 6.07) is 11.3. The molecule has 2 aromatic carbocycles. The van der Waals surface area contributed by atoms with Crippen molar-refractivity contribution in [2.24, 2.45) is 5.10 Å². The standard InChI is InChI=1S/C26H29N5O5/c1-15-11-22(32)31(29-15)19-9-6-16(7-10-19)24(35)26(2,3)28-18-8-5-17-14-30(4)25(36)21(13-23(33)34)27-20(17)12-18/h5-10,12,21,27-28H,11,13-14H2,1-4H3,(H,33,34). The second-order valence-corrected chi connectivity index (χ2v) is 9.70. The molecule has 4 rings (SSSR count). The largest absolute Gasteiger partial charge is 0.481 e. The molecule has 10 nitrogen and oxygen atoms in total. The first-order valence-corrected chi connectivity index (χ1v) is 11.6. The Morgan fingerprint density at radius 2 is 1.86 bits per heavy atom. The highest BCUT2D eigenvalue weighted by Crippen LogP contribution is 2.29. The maximum absolute atomic E-state index is 13.3. The van der Waals surface area contributed by atoms with Crippen molar-refractivity contribution in [3.63, 3.8) is 0 Å². The second kappa shape index (κ2) is 9.44. The molecule has 36 heavy (non-hydrogen) atoms. The maximum atomic E-state index is 13.3. The lowest BCUT2D eigenvalue weighted by Gasteiger charge is -2.27. The average Bonchev–Trinajstić information content (AvgIpc) is 3.11. The number of benzene rings is 2. The lowest BCUT2D eigenvalue weighted by atomic mass is 9.92. The van der Waals surface area contributed by atoms with Gasteiger partial charge in [0.1, 0.15) is 6.04 Å². The van der Waals surface area contributed by atoms with Crippen LogP contribution >= 0.6 is 0 Å².